The average molecular weight is 553 g/mol. The van der Waals surface area contributed by atoms with Crippen molar-refractivity contribution in [3.63, 3.8) is 0 Å². The Kier molecular flexibility index (Phi) is 5.91. The van der Waals surface area contributed by atoms with Gasteiger partial charge in [-0.1, -0.05) is 51.8 Å². The number of amides is 1. The maximum absolute atomic E-state index is 13.8. The molecule has 1 amide bonds. The summed E-state index contributed by atoms with van der Waals surface area (Å²) in [4.78, 5) is 28.5. The summed E-state index contributed by atoms with van der Waals surface area (Å²) in [5, 5.41) is 12.2. The summed E-state index contributed by atoms with van der Waals surface area (Å²) in [5.74, 6) is -1.50. The summed E-state index contributed by atoms with van der Waals surface area (Å²) in [6.45, 7) is 1.85. The Labute approximate surface area is 214 Å². The van der Waals surface area contributed by atoms with Gasteiger partial charge in [-0.15, -0.1) is 0 Å². The zero-order valence-electron chi connectivity index (χ0n) is 18.7. The van der Waals surface area contributed by atoms with E-state index < -0.39 is 23.5 Å². The number of carbonyl (C=O) groups is 2. The second-order valence-electron chi connectivity index (χ2n) is 8.14. The molecule has 3 aromatic carbocycles. The SMILES string of the molecule is COc1ccccc1C1C(C(=O)c2cc3cc(Br)ccc3o2)=C(O)C(=O)N1c1ccc(C)c(Cl)c1. The molecule has 1 unspecified atom stereocenters. The molecule has 6 nitrogen and oxygen atoms in total. The van der Waals surface area contributed by atoms with Crippen LogP contribution in [0.25, 0.3) is 11.0 Å². The number of hydrogen-bond donors (Lipinski definition) is 1. The number of para-hydroxylation sites is 1. The lowest BCUT2D eigenvalue weighted by Crippen LogP contribution is -2.31. The highest BCUT2D eigenvalue weighted by Gasteiger charge is 2.46. The smallest absolute Gasteiger partial charge is 0.294 e. The van der Waals surface area contributed by atoms with E-state index in [9.17, 15) is 14.7 Å². The molecule has 2 heterocycles. The highest BCUT2D eigenvalue weighted by atomic mass is 79.9. The van der Waals surface area contributed by atoms with Crippen LogP contribution in [0.2, 0.25) is 5.02 Å². The highest BCUT2D eigenvalue weighted by molar-refractivity contribution is 9.10. The minimum atomic E-state index is -0.968. The van der Waals surface area contributed by atoms with E-state index in [0.29, 0.717) is 33.0 Å². The number of hydrogen-bond acceptors (Lipinski definition) is 5. The molecule has 176 valence electrons. The molecule has 8 heteroatoms. The van der Waals surface area contributed by atoms with Crippen LogP contribution in [-0.2, 0) is 4.79 Å². The van der Waals surface area contributed by atoms with Crippen LogP contribution in [0.5, 0.6) is 5.75 Å². The van der Waals surface area contributed by atoms with Crippen LogP contribution >= 0.6 is 27.5 Å². The Hall–Kier alpha value is -3.55. The second kappa shape index (κ2) is 8.91. The van der Waals surface area contributed by atoms with Crippen molar-refractivity contribution in [2.75, 3.05) is 12.0 Å². The molecular formula is C27H19BrClNO5. The maximum atomic E-state index is 13.8. The summed E-state index contributed by atoms with van der Waals surface area (Å²) in [7, 11) is 1.50. The van der Waals surface area contributed by atoms with Gasteiger partial charge in [-0.2, -0.15) is 0 Å². The van der Waals surface area contributed by atoms with E-state index >= 15 is 0 Å². The number of aliphatic hydroxyl groups is 1. The van der Waals surface area contributed by atoms with Gasteiger partial charge >= 0.3 is 0 Å². The lowest BCUT2D eigenvalue weighted by atomic mass is 9.94. The third-order valence-corrected chi connectivity index (χ3v) is 6.92. The van der Waals surface area contributed by atoms with Crippen molar-refractivity contribution in [3.8, 4) is 5.75 Å². The lowest BCUT2D eigenvalue weighted by Gasteiger charge is -2.28. The molecular weight excluding hydrogens is 534 g/mol. The molecule has 0 bridgehead atoms. The number of benzene rings is 3. The minimum absolute atomic E-state index is 0.0103. The molecule has 0 radical (unpaired) electrons. The van der Waals surface area contributed by atoms with Gasteiger partial charge in [0.05, 0.1) is 18.7 Å². The lowest BCUT2D eigenvalue weighted by molar-refractivity contribution is -0.117. The fraction of sp³-hybridized carbons (Fsp3) is 0.111. The van der Waals surface area contributed by atoms with Crippen LogP contribution in [0.3, 0.4) is 0 Å². The first-order valence-electron chi connectivity index (χ1n) is 10.7. The molecule has 5 rings (SSSR count). The van der Waals surface area contributed by atoms with Crippen molar-refractivity contribution in [2.24, 2.45) is 0 Å². The molecule has 1 N–H and O–H groups in total. The number of aliphatic hydroxyl groups excluding tert-OH is 1. The van der Waals surface area contributed by atoms with Gasteiger partial charge in [0.1, 0.15) is 11.3 Å². The standard InChI is InChI=1S/C27H19BrClNO5/c1-14-7-9-17(13-19(14)29)30-24(18-5-3-4-6-21(18)34-2)23(26(32)27(30)33)25(31)22-12-15-11-16(28)8-10-20(15)35-22/h3-13,24,32H,1-2H3. The van der Waals surface area contributed by atoms with Gasteiger partial charge in [0.25, 0.3) is 5.91 Å². The van der Waals surface area contributed by atoms with Crippen molar-refractivity contribution in [3.05, 3.63) is 104 Å². The van der Waals surface area contributed by atoms with Gasteiger partial charge in [0, 0.05) is 26.1 Å². The molecule has 0 saturated carbocycles. The van der Waals surface area contributed by atoms with Gasteiger partial charge in [-0.3, -0.25) is 14.5 Å². The molecule has 0 spiro atoms. The summed E-state index contributed by atoms with van der Waals surface area (Å²) in [6, 6.07) is 18.2. The first-order valence-corrected chi connectivity index (χ1v) is 11.9. The summed E-state index contributed by atoms with van der Waals surface area (Å²) in [5.41, 5.74) is 2.21. The number of aryl methyl sites for hydroxylation is 1. The van der Waals surface area contributed by atoms with Crippen LogP contribution in [0.1, 0.15) is 27.7 Å². The van der Waals surface area contributed by atoms with Gasteiger partial charge in [0.15, 0.2) is 11.5 Å². The van der Waals surface area contributed by atoms with E-state index in [0.717, 1.165) is 10.0 Å². The zero-order chi connectivity index (χ0) is 24.9. The van der Waals surface area contributed by atoms with Crippen LogP contribution in [0.4, 0.5) is 5.69 Å². The van der Waals surface area contributed by atoms with Crippen molar-refractivity contribution in [1.82, 2.24) is 0 Å². The van der Waals surface area contributed by atoms with Crippen molar-refractivity contribution in [2.45, 2.75) is 13.0 Å². The van der Waals surface area contributed by atoms with Crippen LogP contribution in [-0.4, -0.2) is 23.9 Å². The topological polar surface area (TPSA) is 80.0 Å². The number of fused-ring (bicyclic) bond motifs is 1. The Morgan fingerprint density at radius 1 is 1.11 bits per heavy atom. The fourth-order valence-corrected chi connectivity index (χ4v) is 4.83. The van der Waals surface area contributed by atoms with Gasteiger partial charge in [0.2, 0.25) is 5.78 Å². The van der Waals surface area contributed by atoms with Gasteiger partial charge in [-0.25, -0.2) is 0 Å². The normalized spacial score (nSPS) is 15.8. The first-order chi connectivity index (χ1) is 16.8. The molecule has 1 aliphatic heterocycles. The molecule has 35 heavy (non-hydrogen) atoms. The third-order valence-electron chi connectivity index (χ3n) is 6.02. The van der Waals surface area contributed by atoms with E-state index in [1.165, 1.54) is 12.0 Å². The second-order valence-corrected chi connectivity index (χ2v) is 9.46. The average Bonchev–Trinajstić information content (AvgIpc) is 3.39. The quantitative estimate of drug-likeness (QED) is 0.271. The van der Waals surface area contributed by atoms with Crippen molar-refractivity contribution in [1.29, 1.82) is 0 Å². The van der Waals surface area contributed by atoms with Crippen molar-refractivity contribution < 1.29 is 23.8 Å². The van der Waals surface area contributed by atoms with Crippen molar-refractivity contribution >= 4 is 55.9 Å². The fourth-order valence-electron chi connectivity index (χ4n) is 4.28. The number of Topliss-reactive ketones (excluding diaryl/α,β-unsaturated/α-hetero) is 1. The number of anilines is 1. The minimum Gasteiger partial charge on any atom is -0.503 e. The van der Waals surface area contributed by atoms with Gasteiger partial charge in [-0.05, 0) is 55.0 Å². The van der Waals surface area contributed by atoms with E-state index in [4.69, 9.17) is 20.8 Å². The zero-order valence-corrected chi connectivity index (χ0v) is 21.1. The molecule has 4 aromatic rings. The molecule has 0 saturated heterocycles. The number of halogens is 2. The molecule has 1 atom stereocenters. The number of rotatable bonds is 5. The monoisotopic (exact) mass is 551 g/mol. The Balaban J connectivity index is 1.70. The Bertz CT molecular complexity index is 1540. The van der Waals surface area contributed by atoms with Gasteiger partial charge < -0.3 is 14.3 Å². The molecule has 0 fully saturated rings. The first kappa shape index (κ1) is 23.2. The predicted octanol–water partition coefficient (Wildman–Crippen LogP) is 6.95. The molecule has 1 aromatic heterocycles. The number of carbonyl (C=O) groups excluding carboxylic acids is 2. The van der Waals surface area contributed by atoms with Crippen LogP contribution in [0.15, 0.2) is 87.0 Å². The Morgan fingerprint density at radius 3 is 2.63 bits per heavy atom. The number of nitrogens with zero attached hydrogens (tertiary/aromatic N) is 1. The number of methoxy groups -OCH3 is 1. The summed E-state index contributed by atoms with van der Waals surface area (Å²) >= 11 is 9.77. The molecule has 0 aliphatic carbocycles. The van der Waals surface area contributed by atoms with E-state index in [2.05, 4.69) is 15.9 Å². The van der Waals surface area contributed by atoms with E-state index in [-0.39, 0.29) is 11.3 Å². The van der Waals surface area contributed by atoms with Crippen LogP contribution < -0.4 is 9.64 Å². The number of ether oxygens (including phenoxy) is 1. The number of furan rings is 1. The van der Waals surface area contributed by atoms with E-state index in [1.807, 2.05) is 13.0 Å². The summed E-state index contributed by atoms with van der Waals surface area (Å²) < 4.78 is 12.2. The van der Waals surface area contributed by atoms with Crippen LogP contribution in [0, 0.1) is 6.92 Å². The highest BCUT2D eigenvalue weighted by Crippen LogP contribution is 2.45. The molecule has 1 aliphatic rings. The Morgan fingerprint density at radius 2 is 1.89 bits per heavy atom. The van der Waals surface area contributed by atoms with E-state index in [1.54, 1.807) is 60.7 Å². The number of ketones is 1. The predicted molar refractivity (Wildman–Crippen MR) is 137 cm³/mol. The third kappa shape index (κ3) is 3.90. The maximum Gasteiger partial charge on any atom is 0.294 e. The largest absolute Gasteiger partial charge is 0.503 e. The summed E-state index contributed by atoms with van der Waals surface area (Å²) in [6.07, 6.45) is 0.